The number of fused-ring (bicyclic) bond motifs is 3. The summed E-state index contributed by atoms with van der Waals surface area (Å²) in [6.45, 7) is 1.85. The van der Waals surface area contributed by atoms with E-state index in [1.54, 1.807) is 37.4 Å². The van der Waals surface area contributed by atoms with Crippen molar-refractivity contribution in [1.82, 2.24) is 10.2 Å². The molecule has 0 saturated heterocycles. The van der Waals surface area contributed by atoms with Gasteiger partial charge in [-0.15, -0.1) is 5.11 Å². The fourth-order valence-corrected chi connectivity index (χ4v) is 4.10. The van der Waals surface area contributed by atoms with Gasteiger partial charge in [-0.3, -0.25) is 15.0 Å². The predicted octanol–water partition coefficient (Wildman–Crippen LogP) is 6.11. The molecule has 1 aliphatic heterocycles. The van der Waals surface area contributed by atoms with E-state index in [0.717, 1.165) is 16.9 Å². The molecule has 0 saturated carbocycles. The van der Waals surface area contributed by atoms with Gasteiger partial charge in [0.1, 0.15) is 11.5 Å². The van der Waals surface area contributed by atoms with Crippen LogP contribution in [0.4, 0.5) is 10.5 Å². The number of aromatic nitrogens is 2. The van der Waals surface area contributed by atoms with Crippen molar-refractivity contribution in [2.75, 3.05) is 12.4 Å². The Balaban J connectivity index is 1.46. The number of carbonyl (C=O) groups excluding carboxylic acids is 2. The Morgan fingerprint density at radius 2 is 1.69 bits per heavy atom. The van der Waals surface area contributed by atoms with E-state index >= 15 is 0 Å². The van der Waals surface area contributed by atoms with Crippen LogP contribution < -0.4 is 10.1 Å². The van der Waals surface area contributed by atoms with Gasteiger partial charge in [-0.05, 0) is 49.4 Å². The third kappa shape index (κ3) is 3.99. The number of carbonyl (C=O) groups is 2. The number of azo groups is 1. The molecule has 5 rings (SSSR count). The summed E-state index contributed by atoms with van der Waals surface area (Å²) in [5.74, 6) is 0.102. The van der Waals surface area contributed by atoms with E-state index in [-0.39, 0.29) is 5.75 Å². The lowest BCUT2D eigenvalue weighted by Gasteiger charge is -2.05. The average Bonchev–Trinajstić information content (AvgIpc) is 3.43. The number of ether oxygens (including phenoxy) is 1. The number of hydrogen-bond acceptors (Lipinski definition) is 4. The Labute approximate surface area is 199 Å². The standard InChI is InChI=1S/C26H21N5O4/c1-14-5-3-6-16(13-14)25(33)30-31-26(34)27-19-8-4-7-18-20(19)24(32)21-22(28-29-23(18)21)15-9-11-17(35-2)12-10-15/h3-13,28-29,32H,1-2H3,(H,27,34). The largest absolute Gasteiger partial charge is 0.506 e. The molecule has 3 aromatic carbocycles. The summed E-state index contributed by atoms with van der Waals surface area (Å²) in [5, 5.41) is 28.2. The second-order valence-corrected chi connectivity index (χ2v) is 7.99. The minimum atomic E-state index is -0.829. The topological polar surface area (TPSA) is 132 Å². The molecule has 0 atom stereocenters. The zero-order valence-corrected chi connectivity index (χ0v) is 18.9. The molecule has 174 valence electrons. The maximum atomic E-state index is 12.4. The van der Waals surface area contributed by atoms with Crippen molar-refractivity contribution < 1.29 is 19.4 Å². The third-order valence-electron chi connectivity index (χ3n) is 5.74. The van der Waals surface area contributed by atoms with Gasteiger partial charge in [0, 0.05) is 16.5 Å². The van der Waals surface area contributed by atoms with Crippen LogP contribution in [0.15, 0.2) is 77.0 Å². The van der Waals surface area contributed by atoms with E-state index in [4.69, 9.17) is 4.74 Å². The van der Waals surface area contributed by atoms with Crippen molar-refractivity contribution >= 4 is 28.4 Å². The molecule has 4 N–H and O–H groups in total. The molecule has 35 heavy (non-hydrogen) atoms. The van der Waals surface area contributed by atoms with Crippen LogP contribution in [0.1, 0.15) is 15.9 Å². The number of urea groups is 1. The average molecular weight is 467 g/mol. The van der Waals surface area contributed by atoms with Crippen LogP contribution in [0, 0.1) is 6.92 Å². The highest BCUT2D eigenvalue weighted by Gasteiger charge is 2.26. The summed E-state index contributed by atoms with van der Waals surface area (Å²) in [4.78, 5) is 24.7. The van der Waals surface area contributed by atoms with Gasteiger partial charge in [0.25, 0.3) is 5.91 Å². The van der Waals surface area contributed by atoms with E-state index < -0.39 is 11.9 Å². The van der Waals surface area contributed by atoms with E-state index in [2.05, 4.69) is 25.7 Å². The molecule has 0 unspecified atom stereocenters. The third-order valence-corrected chi connectivity index (χ3v) is 5.74. The number of aromatic hydroxyl groups is 1. The van der Waals surface area contributed by atoms with Crippen molar-refractivity contribution in [2.24, 2.45) is 10.2 Å². The van der Waals surface area contributed by atoms with Crippen molar-refractivity contribution in [1.29, 1.82) is 0 Å². The number of amides is 3. The number of aryl methyl sites for hydroxylation is 1. The number of anilines is 1. The first kappa shape index (κ1) is 21.9. The van der Waals surface area contributed by atoms with Crippen molar-refractivity contribution in [3.63, 3.8) is 0 Å². The number of H-pyrrole nitrogens is 2. The second kappa shape index (κ2) is 8.79. The summed E-state index contributed by atoms with van der Waals surface area (Å²) in [5.41, 5.74) is 4.40. The van der Waals surface area contributed by atoms with E-state index in [1.807, 2.05) is 43.3 Å². The minimum absolute atomic E-state index is 0.00185. The number of methoxy groups -OCH3 is 1. The normalized spacial score (nSPS) is 11.4. The monoisotopic (exact) mass is 467 g/mol. The van der Waals surface area contributed by atoms with Crippen LogP contribution in [0.2, 0.25) is 0 Å². The number of benzene rings is 3. The predicted molar refractivity (Wildman–Crippen MR) is 132 cm³/mol. The molecule has 0 bridgehead atoms. The van der Waals surface area contributed by atoms with Crippen molar-refractivity contribution in [2.45, 2.75) is 6.92 Å². The summed E-state index contributed by atoms with van der Waals surface area (Å²) in [6, 6.07) is 18.7. The number of nitrogens with one attached hydrogen (secondary N) is 3. The Morgan fingerprint density at radius 1 is 0.943 bits per heavy atom. The maximum absolute atomic E-state index is 12.4. The molecule has 3 amide bonds. The highest BCUT2D eigenvalue weighted by Crippen LogP contribution is 2.49. The summed E-state index contributed by atoms with van der Waals surface area (Å²) in [7, 11) is 1.60. The quantitative estimate of drug-likeness (QED) is 0.237. The SMILES string of the molecule is COc1ccc(-c2[nH][nH]c3c4cccc(NC(=O)N=NC(=O)c5cccc(C)c5)c4c(O)c2-3)cc1. The Kier molecular flexibility index (Phi) is 5.50. The number of nitrogens with zero attached hydrogens (tertiary/aromatic N) is 2. The molecule has 2 aliphatic rings. The van der Waals surface area contributed by atoms with E-state index in [0.29, 0.717) is 39.0 Å². The van der Waals surface area contributed by atoms with Gasteiger partial charge < -0.3 is 15.2 Å². The van der Waals surface area contributed by atoms with Crippen LogP contribution in [0.25, 0.3) is 33.3 Å². The van der Waals surface area contributed by atoms with Crippen LogP contribution in [-0.4, -0.2) is 34.4 Å². The zero-order chi connectivity index (χ0) is 24.5. The molecule has 0 spiro atoms. The van der Waals surface area contributed by atoms with Crippen molar-refractivity contribution in [3.05, 3.63) is 77.9 Å². The minimum Gasteiger partial charge on any atom is -0.506 e. The molecule has 0 radical (unpaired) electrons. The fourth-order valence-electron chi connectivity index (χ4n) is 4.10. The zero-order valence-electron chi connectivity index (χ0n) is 18.9. The lowest BCUT2D eigenvalue weighted by molar-refractivity contribution is 0.0994. The smallest absolute Gasteiger partial charge is 0.364 e. The number of aromatic amines is 2. The fraction of sp³-hybridized carbons (Fsp3) is 0.0769. The van der Waals surface area contributed by atoms with Gasteiger partial charge >= 0.3 is 6.03 Å². The van der Waals surface area contributed by atoms with Gasteiger partial charge in [-0.2, -0.15) is 0 Å². The molecular formula is C26H21N5O4. The van der Waals surface area contributed by atoms with Gasteiger partial charge in [-0.1, -0.05) is 34.9 Å². The lowest BCUT2D eigenvalue weighted by Crippen LogP contribution is -2.06. The summed E-state index contributed by atoms with van der Waals surface area (Å²) >= 11 is 0. The van der Waals surface area contributed by atoms with Gasteiger partial charge in [-0.25, -0.2) is 4.79 Å². The molecular weight excluding hydrogens is 446 g/mol. The number of hydrogen-bond donors (Lipinski definition) is 4. The lowest BCUT2D eigenvalue weighted by atomic mass is 10.1. The van der Waals surface area contributed by atoms with Crippen molar-refractivity contribution in [3.8, 4) is 34.0 Å². The summed E-state index contributed by atoms with van der Waals surface area (Å²) in [6.07, 6.45) is 0. The van der Waals surface area contributed by atoms with Gasteiger partial charge in [0.15, 0.2) is 0 Å². The van der Waals surface area contributed by atoms with E-state index in [9.17, 15) is 14.7 Å². The molecule has 1 aliphatic carbocycles. The molecule has 0 aromatic heterocycles. The first-order chi connectivity index (χ1) is 17.0. The molecule has 0 fully saturated rings. The molecule has 1 heterocycles. The van der Waals surface area contributed by atoms with Gasteiger partial charge in [0.2, 0.25) is 0 Å². The highest BCUT2D eigenvalue weighted by atomic mass is 16.5. The van der Waals surface area contributed by atoms with Crippen LogP contribution in [-0.2, 0) is 0 Å². The Bertz CT molecular complexity index is 1560. The first-order valence-corrected chi connectivity index (χ1v) is 10.8. The molecule has 3 aromatic rings. The van der Waals surface area contributed by atoms with Crippen LogP contribution in [0.3, 0.4) is 0 Å². The molecule has 9 heteroatoms. The Hall–Kier alpha value is -4.92. The second-order valence-electron chi connectivity index (χ2n) is 7.99. The Morgan fingerprint density at radius 3 is 2.43 bits per heavy atom. The first-order valence-electron chi connectivity index (χ1n) is 10.8. The maximum Gasteiger partial charge on any atom is 0.364 e. The van der Waals surface area contributed by atoms with Gasteiger partial charge in [0.05, 0.1) is 35.1 Å². The number of rotatable bonds is 4. The highest BCUT2D eigenvalue weighted by molar-refractivity contribution is 6.16. The van der Waals surface area contributed by atoms with Crippen LogP contribution >= 0.6 is 0 Å². The van der Waals surface area contributed by atoms with Crippen LogP contribution in [0.5, 0.6) is 11.5 Å². The molecule has 9 nitrogen and oxygen atoms in total. The van der Waals surface area contributed by atoms with E-state index in [1.165, 1.54) is 0 Å². The summed E-state index contributed by atoms with van der Waals surface area (Å²) < 4.78 is 5.22.